The first kappa shape index (κ1) is 12.1. The molecule has 0 aromatic heterocycles. The van der Waals surface area contributed by atoms with E-state index in [0.717, 1.165) is 22.4 Å². The fourth-order valence-electron chi connectivity index (χ4n) is 0.904. The molecule has 0 saturated carbocycles. The number of nitrogens with zero attached hydrogens (tertiary/aromatic N) is 2. The van der Waals surface area contributed by atoms with Crippen molar-refractivity contribution in [3.8, 4) is 0 Å². The first-order valence-electron chi connectivity index (χ1n) is 4.45. The van der Waals surface area contributed by atoms with Crippen LogP contribution < -0.4 is 5.73 Å². The second kappa shape index (κ2) is 7.36. The van der Waals surface area contributed by atoms with Gasteiger partial charge in [0.2, 0.25) is 0 Å². The summed E-state index contributed by atoms with van der Waals surface area (Å²) in [6.45, 7) is 4.55. The highest BCUT2D eigenvalue weighted by atomic mass is 32.2. The quantitative estimate of drug-likeness (QED) is 0.465. The van der Waals surface area contributed by atoms with Gasteiger partial charge in [0.05, 0.1) is 0 Å². The molecule has 1 rings (SSSR count). The Hall–Kier alpha value is -0.940. The molecule has 0 unspecified atom stereocenters. The van der Waals surface area contributed by atoms with E-state index in [-0.39, 0.29) is 0 Å². The monoisotopic (exact) mass is 239 g/mol. The zero-order valence-corrected chi connectivity index (χ0v) is 9.93. The van der Waals surface area contributed by atoms with Crippen molar-refractivity contribution in [1.82, 2.24) is 0 Å². The highest BCUT2D eigenvalue weighted by molar-refractivity contribution is 8.26. The Morgan fingerprint density at radius 1 is 1.60 bits per heavy atom. The van der Waals surface area contributed by atoms with Crippen LogP contribution in [0.5, 0.6) is 0 Å². The van der Waals surface area contributed by atoms with Gasteiger partial charge in [-0.1, -0.05) is 18.3 Å². The first-order valence-corrected chi connectivity index (χ1v) is 6.31. The lowest BCUT2D eigenvalue weighted by molar-refractivity contribution is 1.18. The van der Waals surface area contributed by atoms with E-state index in [4.69, 9.17) is 5.73 Å². The Morgan fingerprint density at radius 3 is 3.07 bits per heavy atom. The molecule has 0 bridgehead atoms. The standard InChI is InChI=1S/C10H13N3S2/c1-2-14-9(10-13-7-8-15-10)12-6-4-3-5-11/h2-6H,1,7-8,11H2/b5-3+,6-4+,12-9?. The molecule has 0 radical (unpaired) electrons. The van der Waals surface area contributed by atoms with Crippen LogP contribution in [-0.2, 0) is 0 Å². The zero-order valence-electron chi connectivity index (χ0n) is 8.30. The predicted octanol–water partition coefficient (Wildman–Crippen LogP) is 2.39. The summed E-state index contributed by atoms with van der Waals surface area (Å²) in [5, 5.41) is 3.66. The fourth-order valence-corrected chi connectivity index (χ4v) is 2.40. The van der Waals surface area contributed by atoms with Crippen molar-refractivity contribution in [2.24, 2.45) is 15.7 Å². The number of allylic oxidation sites excluding steroid dienone is 2. The van der Waals surface area contributed by atoms with E-state index in [1.165, 1.54) is 18.0 Å². The number of nitrogens with two attached hydrogens (primary N) is 1. The van der Waals surface area contributed by atoms with Gasteiger partial charge in [0.1, 0.15) is 10.1 Å². The van der Waals surface area contributed by atoms with E-state index in [2.05, 4.69) is 16.6 Å². The summed E-state index contributed by atoms with van der Waals surface area (Å²) >= 11 is 3.22. The topological polar surface area (TPSA) is 50.7 Å². The molecular formula is C10H13N3S2. The van der Waals surface area contributed by atoms with Crippen LogP contribution in [0.15, 0.2) is 46.5 Å². The number of rotatable bonds is 4. The van der Waals surface area contributed by atoms with Crippen molar-refractivity contribution >= 4 is 33.6 Å². The van der Waals surface area contributed by atoms with E-state index in [0.29, 0.717) is 0 Å². The Balaban J connectivity index is 2.67. The average molecular weight is 239 g/mol. The molecule has 15 heavy (non-hydrogen) atoms. The summed E-state index contributed by atoms with van der Waals surface area (Å²) in [6.07, 6.45) is 6.68. The summed E-state index contributed by atoms with van der Waals surface area (Å²) < 4.78 is 0. The number of hydrogen-bond donors (Lipinski definition) is 1. The maximum Gasteiger partial charge on any atom is 0.132 e. The van der Waals surface area contributed by atoms with Crippen LogP contribution >= 0.6 is 23.5 Å². The van der Waals surface area contributed by atoms with Crippen LogP contribution in [0.4, 0.5) is 0 Å². The second-order valence-electron chi connectivity index (χ2n) is 2.48. The maximum absolute atomic E-state index is 5.20. The molecule has 0 saturated heterocycles. The van der Waals surface area contributed by atoms with Gasteiger partial charge in [0.15, 0.2) is 0 Å². The fraction of sp³-hybridized carbons (Fsp3) is 0.200. The number of hydrogen-bond acceptors (Lipinski definition) is 5. The van der Waals surface area contributed by atoms with Crippen LogP contribution in [-0.4, -0.2) is 22.4 Å². The molecule has 1 aliphatic heterocycles. The summed E-state index contributed by atoms with van der Waals surface area (Å²) in [4.78, 5) is 8.66. The van der Waals surface area contributed by atoms with E-state index in [1.54, 1.807) is 35.5 Å². The molecule has 0 aromatic rings. The molecule has 1 heterocycles. The van der Waals surface area contributed by atoms with Crippen molar-refractivity contribution in [3.05, 3.63) is 36.5 Å². The van der Waals surface area contributed by atoms with Crippen LogP contribution in [0.3, 0.4) is 0 Å². The first-order chi connectivity index (χ1) is 7.38. The summed E-state index contributed by atoms with van der Waals surface area (Å²) in [6, 6.07) is 0. The van der Waals surface area contributed by atoms with Crippen molar-refractivity contribution in [1.29, 1.82) is 0 Å². The van der Waals surface area contributed by atoms with Crippen LogP contribution in [0, 0.1) is 0 Å². The van der Waals surface area contributed by atoms with Gasteiger partial charge in [-0.05, 0) is 23.8 Å². The number of thioether (sulfide) groups is 2. The van der Waals surface area contributed by atoms with E-state index >= 15 is 0 Å². The molecular weight excluding hydrogens is 226 g/mol. The largest absolute Gasteiger partial charge is 0.405 e. The summed E-state index contributed by atoms with van der Waals surface area (Å²) in [5.41, 5.74) is 5.20. The minimum absolute atomic E-state index is 0.878. The summed E-state index contributed by atoms with van der Waals surface area (Å²) in [7, 11) is 0. The molecule has 0 atom stereocenters. The van der Waals surface area contributed by atoms with Gasteiger partial charge in [-0.3, -0.25) is 4.99 Å². The average Bonchev–Trinajstić information content (AvgIpc) is 2.76. The minimum Gasteiger partial charge on any atom is -0.405 e. The third-order valence-corrected chi connectivity index (χ3v) is 3.26. The lowest BCUT2D eigenvalue weighted by Crippen LogP contribution is -2.01. The Bertz CT molecular complexity index is 330. The molecule has 0 aliphatic carbocycles. The molecule has 2 N–H and O–H groups in total. The van der Waals surface area contributed by atoms with Gasteiger partial charge in [-0.15, -0.1) is 11.8 Å². The van der Waals surface area contributed by atoms with E-state index in [9.17, 15) is 0 Å². The highest BCUT2D eigenvalue weighted by Gasteiger charge is 2.12. The third-order valence-electron chi connectivity index (χ3n) is 1.46. The number of aliphatic imine (C=N–C) groups is 2. The van der Waals surface area contributed by atoms with Gasteiger partial charge < -0.3 is 5.73 Å². The molecule has 0 amide bonds. The molecule has 1 aliphatic rings. The van der Waals surface area contributed by atoms with Gasteiger partial charge >= 0.3 is 0 Å². The Morgan fingerprint density at radius 2 is 2.47 bits per heavy atom. The SMILES string of the molecule is C=CSC(=N/C=C/C=C/N)C1=NCCS1. The third kappa shape index (κ3) is 4.40. The van der Waals surface area contributed by atoms with Crippen LogP contribution in [0.2, 0.25) is 0 Å². The Kier molecular flexibility index (Phi) is 5.96. The molecule has 0 fully saturated rings. The molecule has 3 nitrogen and oxygen atoms in total. The van der Waals surface area contributed by atoms with Crippen molar-refractivity contribution in [2.75, 3.05) is 12.3 Å². The minimum atomic E-state index is 0.878. The zero-order chi connectivity index (χ0) is 10.9. The van der Waals surface area contributed by atoms with Crippen molar-refractivity contribution < 1.29 is 0 Å². The van der Waals surface area contributed by atoms with Gasteiger partial charge in [-0.2, -0.15) is 0 Å². The summed E-state index contributed by atoms with van der Waals surface area (Å²) in [5.74, 6) is 1.04. The molecule has 0 spiro atoms. The molecule has 80 valence electrons. The smallest absolute Gasteiger partial charge is 0.132 e. The maximum atomic E-state index is 5.20. The normalized spacial score (nSPS) is 17.6. The second-order valence-corrected chi connectivity index (χ2v) is 4.52. The predicted molar refractivity (Wildman–Crippen MR) is 72.5 cm³/mol. The van der Waals surface area contributed by atoms with E-state index in [1.807, 2.05) is 0 Å². The van der Waals surface area contributed by atoms with Gasteiger partial charge in [-0.25, -0.2) is 4.99 Å². The lowest BCUT2D eigenvalue weighted by atomic mass is 10.6. The molecule has 0 aromatic carbocycles. The van der Waals surface area contributed by atoms with Crippen molar-refractivity contribution in [3.63, 3.8) is 0 Å². The van der Waals surface area contributed by atoms with Crippen LogP contribution in [0.25, 0.3) is 0 Å². The van der Waals surface area contributed by atoms with Crippen LogP contribution in [0.1, 0.15) is 0 Å². The van der Waals surface area contributed by atoms with E-state index < -0.39 is 0 Å². The Labute approximate surface area is 98.3 Å². The van der Waals surface area contributed by atoms with Gasteiger partial charge in [0, 0.05) is 18.5 Å². The lowest BCUT2D eigenvalue weighted by Gasteiger charge is -1.98. The molecule has 5 heteroatoms. The van der Waals surface area contributed by atoms with Crippen molar-refractivity contribution in [2.45, 2.75) is 0 Å². The van der Waals surface area contributed by atoms with Gasteiger partial charge in [0.25, 0.3) is 0 Å². The highest BCUT2D eigenvalue weighted by Crippen LogP contribution is 2.19.